The Balaban J connectivity index is 1.80. The average molecular weight is 430 g/mol. The fraction of sp³-hybridized carbons (Fsp3) is 0.478. The highest BCUT2D eigenvalue weighted by atomic mass is 32.2. The first-order chi connectivity index (χ1) is 14.4. The molecule has 1 aliphatic heterocycles. The van der Waals surface area contributed by atoms with Crippen molar-refractivity contribution in [2.45, 2.75) is 46.2 Å². The maximum absolute atomic E-state index is 13.5. The molecule has 1 atom stereocenters. The molecule has 30 heavy (non-hydrogen) atoms. The number of carbonyl (C=O) groups excluding carboxylic acids is 1. The summed E-state index contributed by atoms with van der Waals surface area (Å²) in [5.74, 6) is -0.188. The van der Waals surface area contributed by atoms with Crippen molar-refractivity contribution in [3.63, 3.8) is 0 Å². The van der Waals surface area contributed by atoms with Crippen molar-refractivity contribution < 1.29 is 13.2 Å². The number of aryl methyl sites for hydroxylation is 1. The Morgan fingerprint density at radius 1 is 1.20 bits per heavy atom. The van der Waals surface area contributed by atoms with E-state index < -0.39 is 10.0 Å². The number of benzene rings is 1. The van der Waals surface area contributed by atoms with Gasteiger partial charge in [-0.2, -0.15) is 0 Å². The van der Waals surface area contributed by atoms with E-state index in [1.165, 1.54) is 4.31 Å². The predicted molar refractivity (Wildman–Crippen MR) is 118 cm³/mol. The fourth-order valence-electron chi connectivity index (χ4n) is 3.97. The molecule has 1 fully saturated rings. The van der Waals surface area contributed by atoms with Crippen LogP contribution in [0.4, 0.5) is 0 Å². The molecule has 0 bridgehead atoms. The van der Waals surface area contributed by atoms with Crippen LogP contribution in [-0.2, 0) is 27.9 Å². The third-order valence-electron chi connectivity index (χ3n) is 5.44. The third kappa shape index (κ3) is 5.89. The number of amides is 1. The summed E-state index contributed by atoms with van der Waals surface area (Å²) < 4.78 is 26.6. The third-order valence-corrected chi connectivity index (χ3v) is 7.48. The Kier molecular flexibility index (Phi) is 7.61. The summed E-state index contributed by atoms with van der Waals surface area (Å²) in [6.07, 6.45) is 3.73. The van der Waals surface area contributed by atoms with Gasteiger partial charge in [-0.25, -0.2) is 12.7 Å². The molecule has 7 heteroatoms. The first kappa shape index (κ1) is 22.4. The highest BCUT2D eigenvalue weighted by molar-refractivity contribution is 7.89. The van der Waals surface area contributed by atoms with Crippen LogP contribution in [0.5, 0.6) is 0 Å². The first-order valence-electron chi connectivity index (χ1n) is 10.6. The van der Waals surface area contributed by atoms with Crippen LogP contribution in [-0.4, -0.2) is 47.4 Å². The van der Waals surface area contributed by atoms with E-state index in [1.807, 2.05) is 55.1 Å². The highest BCUT2D eigenvalue weighted by Crippen LogP contribution is 2.23. The number of pyridine rings is 1. The number of sulfonamides is 1. The Bertz CT molecular complexity index is 947. The molecule has 2 heterocycles. The van der Waals surface area contributed by atoms with Gasteiger partial charge >= 0.3 is 0 Å². The van der Waals surface area contributed by atoms with E-state index in [2.05, 4.69) is 11.1 Å². The van der Waals surface area contributed by atoms with Gasteiger partial charge in [-0.1, -0.05) is 42.8 Å². The van der Waals surface area contributed by atoms with Crippen molar-refractivity contribution in [2.75, 3.05) is 18.8 Å². The molecule has 0 N–H and O–H groups in total. The van der Waals surface area contributed by atoms with Gasteiger partial charge in [0, 0.05) is 25.8 Å². The number of hydrogen-bond acceptors (Lipinski definition) is 4. The number of nitrogens with zero attached hydrogens (tertiary/aromatic N) is 3. The van der Waals surface area contributed by atoms with Gasteiger partial charge in [-0.05, 0) is 43.9 Å². The van der Waals surface area contributed by atoms with Crippen LogP contribution in [0.3, 0.4) is 0 Å². The maximum atomic E-state index is 13.5. The molecule has 1 amide bonds. The molecular formula is C23H31N3O3S. The van der Waals surface area contributed by atoms with Crippen LogP contribution in [0.15, 0.2) is 48.7 Å². The van der Waals surface area contributed by atoms with E-state index in [1.54, 1.807) is 6.20 Å². The Hall–Kier alpha value is -2.25. The van der Waals surface area contributed by atoms with Crippen molar-refractivity contribution in [1.82, 2.24) is 14.2 Å². The van der Waals surface area contributed by atoms with Gasteiger partial charge in [0.15, 0.2) is 0 Å². The molecule has 1 aromatic carbocycles. The summed E-state index contributed by atoms with van der Waals surface area (Å²) in [7, 11) is -3.30. The van der Waals surface area contributed by atoms with Gasteiger partial charge in [-0.15, -0.1) is 0 Å². The molecule has 0 radical (unpaired) electrons. The summed E-state index contributed by atoms with van der Waals surface area (Å²) in [6, 6.07) is 13.8. The van der Waals surface area contributed by atoms with Crippen molar-refractivity contribution in [3.8, 4) is 0 Å². The lowest BCUT2D eigenvalue weighted by Gasteiger charge is -2.34. The molecule has 3 rings (SSSR count). The highest BCUT2D eigenvalue weighted by Gasteiger charge is 2.34. The van der Waals surface area contributed by atoms with E-state index in [9.17, 15) is 13.2 Å². The van der Waals surface area contributed by atoms with Crippen LogP contribution in [0.2, 0.25) is 0 Å². The Morgan fingerprint density at radius 3 is 2.73 bits per heavy atom. The SMILES string of the molecule is CCCS(=O)(=O)N1CCCC(C(=O)N(Cc2cccc(C)c2)Cc2ccccn2)C1. The van der Waals surface area contributed by atoms with Gasteiger partial charge in [0.25, 0.3) is 0 Å². The molecule has 0 saturated carbocycles. The number of carbonyl (C=O) groups is 1. The van der Waals surface area contributed by atoms with Crippen molar-refractivity contribution in [3.05, 3.63) is 65.5 Å². The Morgan fingerprint density at radius 2 is 2.03 bits per heavy atom. The number of piperidine rings is 1. The summed E-state index contributed by atoms with van der Waals surface area (Å²) in [5.41, 5.74) is 3.03. The summed E-state index contributed by atoms with van der Waals surface area (Å²) >= 11 is 0. The molecule has 6 nitrogen and oxygen atoms in total. The monoisotopic (exact) mass is 429 g/mol. The van der Waals surface area contributed by atoms with Gasteiger partial charge < -0.3 is 4.90 Å². The fourth-order valence-corrected chi connectivity index (χ4v) is 5.56. The van der Waals surface area contributed by atoms with E-state index in [0.29, 0.717) is 38.9 Å². The summed E-state index contributed by atoms with van der Waals surface area (Å²) in [5, 5.41) is 0. The molecular weight excluding hydrogens is 398 g/mol. The smallest absolute Gasteiger partial charge is 0.227 e. The molecule has 1 aliphatic rings. The summed E-state index contributed by atoms with van der Waals surface area (Å²) in [6.45, 7) is 5.56. The zero-order valence-electron chi connectivity index (χ0n) is 17.8. The van der Waals surface area contributed by atoms with Crippen LogP contribution >= 0.6 is 0 Å². The standard InChI is InChI=1S/C23H31N3O3S/c1-3-14-30(28,29)26-13-7-10-21(17-26)23(27)25(18-22-11-4-5-12-24-22)16-20-9-6-8-19(2)15-20/h4-6,8-9,11-12,15,21H,3,7,10,13-14,16-18H2,1-2H3. The average Bonchev–Trinajstić information content (AvgIpc) is 2.74. The van der Waals surface area contributed by atoms with Crippen molar-refractivity contribution >= 4 is 15.9 Å². The lowest BCUT2D eigenvalue weighted by molar-refractivity contribution is -0.138. The quantitative estimate of drug-likeness (QED) is 0.645. The zero-order valence-corrected chi connectivity index (χ0v) is 18.6. The first-order valence-corrected chi connectivity index (χ1v) is 12.2. The second-order valence-corrected chi connectivity index (χ2v) is 10.1. The van der Waals surface area contributed by atoms with E-state index in [0.717, 1.165) is 16.8 Å². The van der Waals surface area contributed by atoms with Crippen LogP contribution in [0.1, 0.15) is 43.0 Å². The number of rotatable bonds is 8. The van der Waals surface area contributed by atoms with Crippen LogP contribution < -0.4 is 0 Å². The maximum Gasteiger partial charge on any atom is 0.227 e. The topological polar surface area (TPSA) is 70.6 Å². The minimum atomic E-state index is -3.30. The molecule has 162 valence electrons. The minimum absolute atomic E-state index is 0.00134. The number of aromatic nitrogens is 1. The van der Waals surface area contributed by atoms with Gasteiger partial charge in [0.05, 0.1) is 23.9 Å². The Labute approximate surface area is 180 Å². The molecule has 0 aliphatic carbocycles. The van der Waals surface area contributed by atoms with Gasteiger partial charge in [-0.3, -0.25) is 9.78 Å². The van der Waals surface area contributed by atoms with Crippen LogP contribution in [0.25, 0.3) is 0 Å². The normalized spacial score (nSPS) is 17.6. The van der Waals surface area contributed by atoms with Gasteiger partial charge in [0.2, 0.25) is 15.9 Å². The lowest BCUT2D eigenvalue weighted by Crippen LogP contribution is -2.47. The molecule has 1 saturated heterocycles. The summed E-state index contributed by atoms with van der Waals surface area (Å²) in [4.78, 5) is 19.7. The molecule has 1 aromatic heterocycles. The van der Waals surface area contributed by atoms with E-state index in [-0.39, 0.29) is 24.1 Å². The molecule has 1 unspecified atom stereocenters. The molecule has 0 spiro atoms. The number of hydrogen-bond donors (Lipinski definition) is 0. The molecule has 2 aromatic rings. The lowest BCUT2D eigenvalue weighted by atomic mass is 9.97. The van der Waals surface area contributed by atoms with Crippen molar-refractivity contribution in [2.24, 2.45) is 5.92 Å². The zero-order chi connectivity index (χ0) is 21.6. The second-order valence-electron chi connectivity index (χ2n) is 8.02. The van der Waals surface area contributed by atoms with E-state index >= 15 is 0 Å². The minimum Gasteiger partial charge on any atom is -0.332 e. The van der Waals surface area contributed by atoms with Crippen molar-refractivity contribution in [1.29, 1.82) is 0 Å². The largest absolute Gasteiger partial charge is 0.332 e. The predicted octanol–water partition coefficient (Wildman–Crippen LogP) is 3.37. The van der Waals surface area contributed by atoms with Gasteiger partial charge in [0.1, 0.15) is 0 Å². The van der Waals surface area contributed by atoms with Crippen LogP contribution in [0, 0.1) is 12.8 Å². The second kappa shape index (κ2) is 10.2. The van der Waals surface area contributed by atoms with E-state index in [4.69, 9.17) is 0 Å².